The van der Waals surface area contributed by atoms with Gasteiger partial charge in [0.15, 0.2) is 10.9 Å². The normalized spacial score (nSPS) is 14.8. The molecule has 1 saturated heterocycles. The van der Waals surface area contributed by atoms with E-state index in [9.17, 15) is 27.2 Å². The summed E-state index contributed by atoms with van der Waals surface area (Å²) in [5.41, 5.74) is 0.0881. The van der Waals surface area contributed by atoms with Crippen LogP contribution in [0.1, 0.15) is 11.1 Å². The van der Waals surface area contributed by atoms with Crippen molar-refractivity contribution in [1.82, 2.24) is 0 Å². The third-order valence-corrected chi connectivity index (χ3v) is 6.56. The van der Waals surface area contributed by atoms with Crippen LogP contribution in [0.5, 0.6) is 5.75 Å². The Bertz CT molecular complexity index is 1410. The first-order valence-electron chi connectivity index (χ1n) is 10.4. The van der Waals surface area contributed by atoms with Crippen molar-refractivity contribution >= 4 is 69.2 Å². The number of anilines is 2. The fourth-order valence-corrected chi connectivity index (χ4v) is 4.81. The van der Waals surface area contributed by atoms with E-state index in [-0.39, 0.29) is 22.4 Å². The monoisotopic (exact) mass is 566 g/mol. The first-order chi connectivity index (χ1) is 17.5. The Morgan fingerprint density at radius 1 is 1.11 bits per heavy atom. The van der Waals surface area contributed by atoms with E-state index >= 15 is 0 Å². The number of nitrogens with one attached hydrogen (secondary N) is 1. The second kappa shape index (κ2) is 10.9. The zero-order chi connectivity index (χ0) is 26.7. The summed E-state index contributed by atoms with van der Waals surface area (Å²) in [5.74, 6) is -1.32. The summed E-state index contributed by atoms with van der Waals surface area (Å²) in [6, 6.07) is 14.2. The molecule has 5 nitrogen and oxygen atoms in total. The number of carbonyl (C=O) groups excluding carboxylic acids is 2. The molecule has 1 N–H and O–H groups in total. The Kier molecular flexibility index (Phi) is 7.86. The molecule has 0 saturated carbocycles. The van der Waals surface area contributed by atoms with Gasteiger partial charge in [-0.25, -0.2) is 4.39 Å². The molecule has 37 heavy (non-hydrogen) atoms. The van der Waals surface area contributed by atoms with Gasteiger partial charge in [-0.15, -0.1) is 0 Å². The fraction of sp³-hybridized carbons (Fsp3) is 0.0800. The smallest absolute Gasteiger partial charge is 0.416 e. The number of alkyl halides is 3. The first-order valence-corrected chi connectivity index (χ1v) is 12.0. The van der Waals surface area contributed by atoms with Gasteiger partial charge < -0.3 is 10.1 Å². The number of halogens is 5. The van der Waals surface area contributed by atoms with Gasteiger partial charge in [0, 0.05) is 5.69 Å². The molecule has 0 aliphatic carbocycles. The van der Waals surface area contributed by atoms with Gasteiger partial charge >= 0.3 is 6.18 Å². The number of thioether (sulfide) groups is 1. The SMILES string of the molecule is O=C(COc1ccc(/C=C2\SC(=S)N(c3ccc(F)cc3)C2=O)cc1Cl)Nc1cccc(C(F)(F)F)c1. The van der Waals surface area contributed by atoms with Crippen LogP contribution in [-0.4, -0.2) is 22.7 Å². The third-order valence-electron chi connectivity index (χ3n) is 4.96. The lowest BCUT2D eigenvalue weighted by atomic mass is 10.2. The van der Waals surface area contributed by atoms with E-state index in [0.29, 0.717) is 20.5 Å². The number of benzene rings is 3. The zero-order valence-corrected chi connectivity index (χ0v) is 20.9. The number of hydrogen-bond acceptors (Lipinski definition) is 5. The van der Waals surface area contributed by atoms with Crippen LogP contribution in [0, 0.1) is 5.82 Å². The van der Waals surface area contributed by atoms with Crippen LogP contribution in [-0.2, 0) is 15.8 Å². The van der Waals surface area contributed by atoms with Crippen molar-refractivity contribution in [3.05, 3.63) is 93.6 Å². The molecular weight excluding hydrogens is 552 g/mol. The number of hydrogen-bond donors (Lipinski definition) is 1. The summed E-state index contributed by atoms with van der Waals surface area (Å²) in [5, 5.41) is 2.49. The summed E-state index contributed by atoms with van der Waals surface area (Å²) in [6.07, 6.45) is -2.95. The van der Waals surface area contributed by atoms with E-state index in [1.54, 1.807) is 12.1 Å². The maximum Gasteiger partial charge on any atom is 0.416 e. The summed E-state index contributed by atoms with van der Waals surface area (Å²) < 4.78 is 57.4. The van der Waals surface area contributed by atoms with Crippen molar-refractivity contribution < 1.29 is 31.9 Å². The maximum atomic E-state index is 13.2. The molecule has 1 fully saturated rings. The van der Waals surface area contributed by atoms with Crippen molar-refractivity contribution in [2.45, 2.75) is 6.18 Å². The maximum absolute atomic E-state index is 13.2. The molecule has 3 aromatic rings. The topological polar surface area (TPSA) is 58.6 Å². The van der Waals surface area contributed by atoms with Gasteiger partial charge in [0.1, 0.15) is 11.6 Å². The number of nitrogens with zero attached hydrogens (tertiary/aromatic N) is 1. The lowest BCUT2D eigenvalue weighted by molar-refractivity contribution is -0.137. The molecule has 0 aromatic heterocycles. The van der Waals surface area contributed by atoms with Gasteiger partial charge in [-0.05, 0) is 66.2 Å². The molecule has 0 radical (unpaired) electrons. The van der Waals surface area contributed by atoms with Crippen LogP contribution in [0.4, 0.5) is 28.9 Å². The molecule has 0 unspecified atom stereocenters. The quantitative estimate of drug-likeness (QED) is 0.199. The van der Waals surface area contributed by atoms with E-state index in [4.69, 9.17) is 28.6 Å². The van der Waals surface area contributed by atoms with Crippen LogP contribution in [0.15, 0.2) is 71.6 Å². The van der Waals surface area contributed by atoms with Crippen LogP contribution in [0.2, 0.25) is 5.02 Å². The standard InChI is InChI=1S/C25H15ClF4N2O3S2/c26-19-10-14(11-21-23(34)32(24(36)37-21)18-7-5-16(27)6-8-18)4-9-20(19)35-13-22(33)31-17-3-1-2-15(12-17)25(28,29)30/h1-12H,13H2,(H,31,33)/b21-11-. The minimum absolute atomic E-state index is 0.0252. The molecule has 190 valence electrons. The van der Waals surface area contributed by atoms with E-state index in [2.05, 4.69) is 5.32 Å². The van der Waals surface area contributed by atoms with Crippen molar-refractivity contribution in [3.8, 4) is 5.75 Å². The Morgan fingerprint density at radius 2 is 1.84 bits per heavy atom. The molecule has 1 aliphatic heterocycles. The van der Waals surface area contributed by atoms with Gasteiger partial charge in [-0.1, -0.05) is 47.7 Å². The average Bonchev–Trinajstić information content (AvgIpc) is 3.11. The highest BCUT2D eigenvalue weighted by molar-refractivity contribution is 8.27. The Morgan fingerprint density at radius 3 is 2.51 bits per heavy atom. The second-order valence-corrected chi connectivity index (χ2v) is 9.68. The summed E-state index contributed by atoms with van der Waals surface area (Å²) in [4.78, 5) is 26.6. The molecular formula is C25H15ClF4N2O3S2. The lowest BCUT2D eigenvalue weighted by Gasteiger charge is -2.14. The Labute approximate surface area is 223 Å². The zero-order valence-electron chi connectivity index (χ0n) is 18.5. The van der Waals surface area contributed by atoms with E-state index in [0.717, 1.165) is 23.9 Å². The van der Waals surface area contributed by atoms with Crippen molar-refractivity contribution in [2.24, 2.45) is 0 Å². The minimum atomic E-state index is -4.53. The first kappa shape index (κ1) is 26.6. The lowest BCUT2D eigenvalue weighted by Crippen LogP contribution is -2.27. The predicted molar refractivity (Wildman–Crippen MR) is 139 cm³/mol. The Hall–Kier alpha value is -3.41. The number of ether oxygens (including phenoxy) is 1. The number of carbonyl (C=O) groups is 2. The highest BCUT2D eigenvalue weighted by atomic mass is 35.5. The molecule has 1 heterocycles. The second-order valence-electron chi connectivity index (χ2n) is 7.60. The average molecular weight is 567 g/mol. The highest BCUT2D eigenvalue weighted by Gasteiger charge is 2.33. The van der Waals surface area contributed by atoms with Crippen LogP contribution in [0.3, 0.4) is 0 Å². The molecule has 0 atom stereocenters. The van der Waals surface area contributed by atoms with Crippen molar-refractivity contribution in [1.29, 1.82) is 0 Å². The predicted octanol–water partition coefficient (Wildman–Crippen LogP) is 6.92. The molecule has 3 aromatic carbocycles. The number of amides is 2. The van der Waals surface area contributed by atoms with Gasteiger partial charge in [0.2, 0.25) is 0 Å². The largest absolute Gasteiger partial charge is 0.482 e. The van der Waals surface area contributed by atoms with Gasteiger partial charge in [-0.3, -0.25) is 14.5 Å². The van der Waals surface area contributed by atoms with Crippen LogP contribution in [0.25, 0.3) is 6.08 Å². The molecule has 1 aliphatic rings. The summed E-state index contributed by atoms with van der Waals surface area (Å²) in [7, 11) is 0. The van der Waals surface area contributed by atoms with E-state index in [1.807, 2.05) is 0 Å². The van der Waals surface area contributed by atoms with E-state index < -0.39 is 30.1 Å². The third kappa shape index (κ3) is 6.48. The molecule has 0 spiro atoms. The van der Waals surface area contributed by atoms with Gasteiger partial charge in [0.05, 0.1) is 21.2 Å². The Balaban J connectivity index is 1.40. The molecule has 4 rings (SSSR count). The number of thiocarbonyl (C=S) groups is 1. The van der Waals surface area contributed by atoms with Crippen LogP contribution >= 0.6 is 35.6 Å². The molecule has 12 heteroatoms. The highest BCUT2D eigenvalue weighted by Crippen LogP contribution is 2.37. The fourth-order valence-electron chi connectivity index (χ4n) is 3.27. The van der Waals surface area contributed by atoms with Crippen molar-refractivity contribution in [3.63, 3.8) is 0 Å². The summed E-state index contributed by atoms with van der Waals surface area (Å²) in [6.45, 7) is -0.494. The van der Waals surface area contributed by atoms with Crippen LogP contribution < -0.4 is 15.0 Å². The molecule has 0 bridgehead atoms. The minimum Gasteiger partial charge on any atom is -0.482 e. The van der Waals surface area contributed by atoms with Gasteiger partial charge in [-0.2, -0.15) is 13.2 Å². The molecule has 2 amide bonds. The van der Waals surface area contributed by atoms with E-state index in [1.165, 1.54) is 53.4 Å². The van der Waals surface area contributed by atoms with Gasteiger partial charge in [0.25, 0.3) is 11.8 Å². The summed E-state index contributed by atoms with van der Waals surface area (Å²) >= 11 is 12.6. The number of rotatable bonds is 6. The van der Waals surface area contributed by atoms with Crippen molar-refractivity contribution in [2.75, 3.05) is 16.8 Å².